The van der Waals surface area contributed by atoms with Gasteiger partial charge in [-0.25, -0.2) is 0 Å². The molecule has 0 saturated carbocycles. The summed E-state index contributed by atoms with van der Waals surface area (Å²) in [7, 11) is 3.66. The van der Waals surface area contributed by atoms with Crippen LogP contribution in [0.3, 0.4) is 0 Å². The Balaban J connectivity index is 2.21. The average molecular weight is 243 g/mol. The fraction of sp³-hybridized carbons (Fsp3) is 0.917. The van der Waals surface area contributed by atoms with E-state index in [0.717, 1.165) is 13.1 Å². The van der Waals surface area contributed by atoms with Gasteiger partial charge in [-0.3, -0.25) is 9.69 Å². The molecule has 1 heterocycles. The van der Waals surface area contributed by atoms with Crippen LogP contribution in [0.2, 0.25) is 0 Å². The molecule has 2 N–H and O–H groups in total. The summed E-state index contributed by atoms with van der Waals surface area (Å²) >= 11 is 0. The highest BCUT2D eigenvalue weighted by Crippen LogP contribution is 2.09. The van der Waals surface area contributed by atoms with E-state index in [4.69, 9.17) is 4.74 Å². The van der Waals surface area contributed by atoms with E-state index >= 15 is 0 Å². The fourth-order valence-electron chi connectivity index (χ4n) is 2.08. The van der Waals surface area contributed by atoms with Crippen LogP contribution < -0.4 is 10.6 Å². The van der Waals surface area contributed by atoms with Gasteiger partial charge in [0.05, 0.1) is 13.2 Å². The number of methoxy groups -OCH3 is 1. The molecule has 5 nitrogen and oxygen atoms in total. The first-order chi connectivity index (χ1) is 8.24. The van der Waals surface area contributed by atoms with Crippen LogP contribution in [0.25, 0.3) is 0 Å². The minimum Gasteiger partial charge on any atom is -0.383 e. The van der Waals surface area contributed by atoms with Gasteiger partial charge >= 0.3 is 0 Å². The lowest BCUT2D eigenvalue weighted by atomic mass is 10.1. The zero-order valence-corrected chi connectivity index (χ0v) is 11.0. The van der Waals surface area contributed by atoms with Gasteiger partial charge in [-0.15, -0.1) is 0 Å². The maximum Gasteiger partial charge on any atom is 0.234 e. The van der Waals surface area contributed by atoms with Gasteiger partial charge in [0.15, 0.2) is 0 Å². The molecule has 1 aliphatic rings. The summed E-state index contributed by atoms with van der Waals surface area (Å²) in [5.41, 5.74) is 0. The predicted molar refractivity (Wildman–Crippen MR) is 68.0 cm³/mol. The highest BCUT2D eigenvalue weighted by molar-refractivity contribution is 5.77. The van der Waals surface area contributed by atoms with Crippen molar-refractivity contribution in [1.29, 1.82) is 0 Å². The first-order valence-corrected chi connectivity index (χ1v) is 6.40. The van der Waals surface area contributed by atoms with E-state index in [9.17, 15) is 4.79 Å². The lowest BCUT2D eigenvalue weighted by molar-refractivity contribution is -0.122. The lowest BCUT2D eigenvalue weighted by Crippen LogP contribution is -2.44. The summed E-state index contributed by atoms with van der Waals surface area (Å²) in [5, 5.41) is 6.25. The quantitative estimate of drug-likeness (QED) is 0.636. The van der Waals surface area contributed by atoms with E-state index in [0.29, 0.717) is 25.7 Å². The number of hydrogen-bond acceptors (Lipinski definition) is 4. The molecule has 1 amide bonds. The molecule has 1 atom stereocenters. The van der Waals surface area contributed by atoms with Crippen molar-refractivity contribution in [3.8, 4) is 0 Å². The van der Waals surface area contributed by atoms with Gasteiger partial charge in [-0.05, 0) is 26.4 Å². The molecular weight excluding hydrogens is 218 g/mol. The molecule has 1 fully saturated rings. The summed E-state index contributed by atoms with van der Waals surface area (Å²) in [6, 6.07) is 0.477. The molecule has 0 aromatic carbocycles. The smallest absolute Gasteiger partial charge is 0.234 e. The first kappa shape index (κ1) is 14.4. The van der Waals surface area contributed by atoms with Crippen LogP contribution in [0.1, 0.15) is 19.3 Å². The molecule has 100 valence electrons. The van der Waals surface area contributed by atoms with Crippen molar-refractivity contribution in [3.63, 3.8) is 0 Å². The van der Waals surface area contributed by atoms with Gasteiger partial charge in [0.1, 0.15) is 0 Å². The number of hydrogen-bond donors (Lipinski definition) is 2. The third kappa shape index (κ3) is 6.00. The normalized spacial score (nSPS) is 21.2. The Labute approximate surface area is 104 Å². The molecular formula is C12H25N3O2. The number of carbonyl (C=O) groups is 1. The Hall–Kier alpha value is -0.650. The van der Waals surface area contributed by atoms with Crippen molar-refractivity contribution in [3.05, 3.63) is 0 Å². The standard InChI is InChI=1S/C12H25N3O2/c1-15(10-12(16)14-7-8-17-2)11-5-3-4-6-13-9-11/h11,13H,3-10H2,1-2H3,(H,14,16). The van der Waals surface area contributed by atoms with Gasteiger partial charge in [0, 0.05) is 26.2 Å². The topological polar surface area (TPSA) is 53.6 Å². The molecule has 17 heavy (non-hydrogen) atoms. The van der Waals surface area contributed by atoms with Crippen molar-refractivity contribution in [1.82, 2.24) is 15.5 Å². The van der Waals surface area contributed by atoms with Crippen molar-refractivity contribution in [2.75, 3.05) is 46.9 Å². The summed E-state index contributed by atoms with van der Waals surface area (Å²) in [6.45, 7) is 3.72. The number of nitrogens with one attached hydrogen (secondary N) is 2. The molecule has 0 aromatic heterocycles. The third-order valence-corrected chi connectivity index (χ3v) is 3.17. The molecule has 1 rings (SSSR count). The second kappa shape index (κ2) is 8.44. The number of nitrogens with zero attached hydrogens (tertiary/aromatic N) is 1. The van der Waals surface area contributed by atoms with E-state index in [1.807, 2.05) is 7.05 Å². The Morgan fingerprint density at radius 2 is 2.35 bits per heavy atom. The predicted octanol–water partition coefficient (Wildman–Crippen LogP) is -0.177. The van der Waals surface area contributed by atoms with Crippen molar-refractivity contribution < 1.29 is 9.53 Å². The van der Waals surface area contributed by atoms with E-state index in [-0.39, 0.29) is 5.91 Å². The van der Waals surface area contributed by atoms with Gasteiger partial charge in [0.25, 0.3) is 0 Å². The molecule has 5 heteroatoms. The number of amides is 1. The lowest BCUT2D eigenvalue weighted by Gasteiger charge is -2.26. The largest absolute Gasteiger partial charge is 0.383 e. The molecule has 0 spiro atoms. The Bertz CT molecular complexity index is 216. The Morgan fingerprint density at radius 1 is 1.53 bits per heavy atom. The van der Waals surface area contributed by atoms with E-state index in [2.05, 4.69) is 15.5 Å². The summed E-state index contributed by atoms with van der Waals surface area (Å²) in [6.07, 6.45) is 3.66. The molecule has 1 unspecified atom stereocenters. The molecule has 0 radical (unpaired) electrons. The third-order valence-electron chi connectivity index (χ3n) is 3.17. The van der Waals surface area contributed by atoms with Gasteiger partial charge in [0.2, 0.25) is 5.91 Å². The highest BCUT2D eigenvalue weighted by Gasteiger charge is 2.18. The summed E-state index contributed by atoms with van der Waals surface area (Å²) in [5.74, 6) is 0.0776. The molecule has 0 aliphatic carbocycles. The van der Waals surface area contributed by atoms with E-state index in [1.165, 1.54) is 19.3 Å². The minimum atomic E-state index is 0.0776. The number of ether oxygens (including phenoxy) is 1. The van der Waals surface area contributed by atoms with E-state index < -0.39 is 0 Å². The van der Waals surface area contributed by atoms with Crippen LogP contribution in [-0.4, -0.2) is 63.8 Å². The minimum absolute atomic E-state index is 0.0776. The van der Waals surface area contributed by atoms with E-state index in [1.54, 1.807) is 7.11 Å². The van der Waals surface area contributed by atoms with Crippen LogP contribution in [-0.2, 0) is 9.53 Å². The monoisotopic (exact) mass is 243 g/mol. The van der Waals surface area contributed by atoms with Crippen molar-refractivity contribution >= 4 is 5.91 Å². The van der Waals surface area contributed by atoms with Crippen molar-refractivity contribution in [2.45, 2.75) is 25.3 Å². The second-order valence-corrected chi connectivity index (χ2v) is 4.61. The average Bonchev–Trinajstić information content (AvgIpc) is 2.57. The maximum atomic E-state index is 11.6. The maximum absolute atomic E-state index is 11.6. The Kier molecular flexibility index (Phi) is 7.16. The van der Waals surface area contributed by atoms with Gasteiger partial charge < -0.3 is 15.4 Å². The Morgan fingerprint density at radius 3 is 3.12 bits per heavy atom. The first-order valence-electron chi connectivity index (χ1n) is 6.40. The van der Waals surface area contributed by atoms with Gasteiger partial charge in [-0.1, -0.05) is 6.42 Å². The van der Waals surface area contributed by atoms with Crippen LogP contribution >= 0.6 is 0 Å². The van der Waals surface area contributed by atoms with Crippen molar-refractivity contribution in [2.24, 2.45) is 0 Å². The summed E-state index contributed by atoms with van der Waals surface area (Å²) in [4.78, 5) is 13.8. The zero-order chi connectivity index (χ0) is 12.5. The van der Waals surface area contributed by atoms with Crippen LogP contribution in [0.4, 0.5) is 0 Å². The summed E-state index contributed by atoms with van der Waals surface area (Å²) < 4.78 is 4.89. The molecule has 0 aromatic rings. The van der Waals surface area contributed by atoms with Crippen LogP contribution in [0.5, 0.6) is 0 Å². The fourth-order valence-corrected chi connectivity index (χ4v) is 2.08. The number of rotatable bonds is 6. The molecule has 0 bridgehead atoms. The number of carbonyl (C=O) groups excluding carboxylic acids is 1. The molecule has 1 aliphatic heterocycles. The van der Waals surface area contributed by atoms with Gasteiger partial charge in [-0.2, -0.15) is 0 Å². The zero-order valence-electron chi connectivity index (χ0n) is 11.0. The SMILES string of the molecule is COCCNC(=O)CN(C)C1CCCCNC1. The van der Waals surface area contributed by atoms with Crippen LogP contribution in [0.15, 0.2) is 0 Å². The van der Waals surface area contributed by atoms with Crippen LogP contribution in [0, 0.1) is 0 Å². The highest BCUT2D eigenvalue weighted by atomic mass is 16.5. The molecule has 1 saturated heterocycles. The number of likely N-dealkylation sites (N-methyl/N-ethyl adjacent to an activating group) is 1. The second-order valence-electron chi connectivity index (χ2n) is 4.61.